The highest BCUT2D eigenvalue weighted by molar-refractivity contribution is 5.83. The van der Waals surface area contributed by atoms with Gasteiger partial charge in [-0.25, -0.2) is 15.0 Å². The van der Waals surface area contributed by atoms with Crippen LogP contribution in [0.3, 0.4) is 0 Å². The van der Waals surface area contributed by atoms with Crippen molar-refractivity contribution < 1.29 is 8.78 Å². The number of hydrogen-bond donors (Lipinski definition) is 1. The summed E-state index contributed by atoms with van der Waals surface area (Å²) in [5.74, 6) is -0.617. The average molecular weight is 308 g/mol. The third kappa shape index (κ3) is 2.55. The molecule has 1 aromatic carbocycles. The minimum atomic E-state index is -0.562. The Hall–Kier alpha value is -3.15. The van der Waals surface area contributed by atoms with Crippen LogP contribution < -0.4 is 0 Å². The normalized spacial score (nSPS) is 11.0. The lowest BCUT2D eigenvalue weighted by Gasteiger charge is -2.00. The first-order valence-corrected chi connectivity index (χ1v) is 6.95. The van der Waals surface area contributed by atoms with Gasteiger partial charge in [0, 0.05) is 5.56 Å². The Balaban J connectivity index is 1.81. The van der Waals surface area contributed by atoms with Crippen molar-refractivity contribution in [2.75, 3.05) is 0 Å². The summed E-state index contributed by atoms with van der Waals surface area (Å²) in [5.41, 5.74) is 3.18. The molecule has 4 nitrogen and oxygen atoms in total. The topological polar surface area (TPSA) is 54.5 Å². The number of H-pyrrole nitrogens is 1. The number of nitrogens with one attached hydrogen (secondary N) is 1. The predicted octanol–water partition coefficient (Wildman–Crippen LogP) is 3.97. The smallest absolute Gasteiger partial charge is 0.213 e. The highest BCUT2D eigenvalue weighted by Gasteiger charge is 2.09. The maximum absolute atomic E-state index is 13.3. The van der Waals surface area contributed by atoms with Crippen LogP contribution in [-0.2, 0) is 0 Å². The Kier molecular flexibility index (Phi) is 3.08. The average Bonchev–Trinajstić information content (AvgIpc) is 2.98. The lowest BCUT2D eigenvalue weighted by molar-refractivity contribution is 0.584. The van der Waals surface area contributed by atoms with Crippen LogP contribution in [0.4, 0.5) is 8.78 Å². The molecule has 0 aliphatic carbocycles. The third-order valence-electron chi connectivity index (χ3n) is 3.45. The number of imidazole rings is 1. The van der Waals surface area contributed by atoms with Crippen molar-refractivity contribution in [1.29, 1.82) is 0 Å². The van der Waals surface area contributed by atoms with Gasteiger partial charge in [0.1, 0.15) is 5.69 Å². The van der Waals surface area contributed by atoms with E-state index in [1.54, 1.807) is 30.3 Å². The van der Waals surface area contributed by atoms with Crippen LogP contribution in [0, 0.1) is 11.9 Å². The van der Waals surface area contributed by atoms with Crippen LogP contribution in [0.2, 0.25) is 0 Å². The fourth-order valence-corrected chi connectivity index (χ4v) is 2.40. The lowest BCUT2D eigenvalue weighted by Crippen LogP contribution is -1.88. The van der Waals surface area contributed by atoms with Crippen molar-refractivity contribution in [1.82, 2.24) is 19.9 Å². The number of benzene rings is 1. The SMILES string of the molecule is Fc1cccc(-c2ccc3nc(-c4cccc(F)n4)[nH]c3c2)n1. The Morgan fingerprint density at radius 1 is 0.739 bits per heavy atom. The molecule has 0 aliphatic rings. The largest absolute Gasteiger partial charge is 0.337 e. The molecule has 4 rings (SSSR count). The van der Waals surface area contributed by atoms with Crippen LogP contribution in [0.25, 0.3) is 33.8 Å². The van der Waals surface area contributed by atoms with E-state index in [0.29, 0.717) is 22.7 Å². The maximum atomic E-state index is 13.3. The fourth-order valence-electron chi connectivity index (χ4n) is 2.40. The molecule has 3 heterocycles. The van der Waals surface area contributed by atoms with E-state index in [-0.39, 0.29) is 0 Å². The van der Waals surface area contributed by atoms with E-state index < -0.39 is 11.9 Å². The number of aromatic nitrogens is 4. The fraction of sp³-hybridized carbons (Fsp3) is 0. The molecule has 23 heavy (non-hydrogen) atoms. The molecule has 1 N–H and O–H groups in total. The zero-order chi connectivity index (χ0) is 15.8. The second-order valence-corrected chi connectivity index (χ2v) is 5.01. The second-order valence-electron chi connectivity index (χ2n) is 5.01. The van der Waals surface area contributed by atoms with Crippen molar-refractivity contribution in [2.24, 2.45) is 0 Å². The Labute approximate surface area is 129 Å². The molecule has 0 radical (unpaired) electrons. The summed E-state index contributed by atoms with van der Waals surface area (Å²) in [6.45, 7) is 0. The van der Waals surface area contributed by atoms with E-state index >= 15 is 0 Å². The molecule has 0 spiro atoms. The van der Waals surface area contributed by atoms with Gasteiger partial charge in [-0.3, -0.25) is 0 Å². The lowest BCUT2D eigenvalue weighted by atomic mass is 10.1. The van der Waals surface area contributed by atoms with E-state index in [1.165, 1.54) is 12.1 Å². The van der Waals surface area contributed by atoms with E-state index in [2.05, 4.69) is 19.9 Å². The monoisotopic (exact) mass is 308 g/mol. The van der Waals surface area contributed by atoms with Crippen LogP contribution in [-0.4, -0.2) is 19.9 Å². The van der Waals surface area contributed by atoms with Gasteiger partial charge in [0.05, 0.1) is 16.7 Å². The molecule has 0 bridgehead atoms. The van der Waals surface area contributed by atoms with E-state index in [1.807, 2.05) is 12.1 Å². The van der Waals surface area contributed by atoms with Gasteiger partial charge in [-0.05, 0) is 36.4 Å². The van der Waals surface area contributed by atoms with Crippen LogP contribution >= 0.6 is 0 Å². The van der Waals surface area contributed by atoms with Crippen LogP contribution in [0.15, 0.2) is 54.6 Å². The second kappa shape index (κ2) is 5.24. The molecular weight excluding hydrogens is 298 g/mol. The molecule has 0 aliphatic heterocycles. The van der Waals surface area contributed by atoms with E-state index in [9.17, 15) is 8.78 Å². The number of nitrogens with zero attached hydrogens (tertiary/aromatic N) is 3. The number of pyridine rings is 2. The quantitative estimate of drug-likeness (QED) is 0.570. The number of hydrogen-bond acceptors (Lipinski definition) is 3. The maximum Gasteiger partial charge on any atom is 0.213 e. The molecule has 112 valence electrons. The summed E-state index contributed by atoms with van der Waals surface area (Å²) in [7, 11) is 0. The van der Waals surface area contributed by atoms with Gasteiger partial charge in [0.25, 0.3) is 0 Å². The summed E-state index contributed by atoms with van der Waals surface area (Å²) >= 11 is 0. The Bertz CT molecular complexity index is 967. The summed E-state index contributed by atoms with van der Waals surface area (Å²) in [6, 6.07) is 14.6. The van der Waals surface area contributed by atoms with Crippen molar-refractivity contribution in [3.63, 3.8) is 0 Å². The van der Waals surface area contributed by atoms with Crippen LogP contribution in [0.1, 0.15) is 0 Å². The molecule has 3 aromatic heterocycles. The Morgan fingerprint density at radius 3 is 2.17 bits per heavy atom. The molecule has 6 heteroatoms. The van der Waals surface area contributed by atoms with E-state index in [0.717, 1.165) is 11.1 Å². The van der Waals surface area contributed by atoms with Gasteiger partial charge in [-0.1, -0.05) is 18.2 Å². The molecule has 4 aromatic rings. The summed E-state index contributed by atoms with van der Waals surface area (Å²) < 4.78 is 26.5. The molecule has 0 unspecified atom stereocenters. The highest BCUT2D eigenvalue weighted by Crippen LogP contribution is 2.24. The summed E-state index contributed by atoms with van der Waals surface area (Å²) in [4.78, 5) is 15.2. The number of fused-ring (bicyclic) bond motifs is 1. The molecule has 0 amide bonds. The van der Waals surface area contributed by atoms with Gasteiger partial charge in [-0.15, -0.1) is 0 Å². The van der Waals surface area contributed by atoms with Crippen molar-refractivity contribution in [3.8, 4) is 22.8 Å². The number of aromatic amines is 1. The molecular formula is C17H10F2N4. The minimum absolute atomic E-state index is 0.423. The summed E-state index contributed by atoms with van der Waals surface area (Å²) in [5, 5.41) is 0. The first-order chi connectivity index (χ1) is 11.2. The molecule has 0 saturated carbocycles. The van der Waals surface area contributed by atoms with Gasteiger partial charge in [-0.2, -0.15) is 8.78 Å². The highest BCUT2D eigenvalue weighted by atomic mass is 19.1. The van der Waals surface area contributed by atoms with Gasteiger partial charge in [0.2, 0.25) is 11.9 Å². The van der Waals surface area contributed by atoms with Gasteiger partial charge < -0.3 is 4.98 Å². The number of halogens is 2. The minimum Gasteiger partial charge on any atom is -0.337 e. The van der Waals surface area contributed by atoms with Crippen LogP contribution in [0.5, 0.6) is 0 Å². The first kappa shape index (κ1) is 13.5. The molecule has 0 fully saturated rings. The zero-order valence-electron chi connectivity index (χ0n) is 11.8. The predicted molar refractivity (Wildman–Crippen MR) is 82.5 cm³/mol. The molecule has 0 saturated heterocycles. The van der Waals surface area contributed by atoms with Crippen molar-refractivity contribution >= 4 is 11.0 Å². The molecule has 0 atom stereocenters. The van der Waals surface area contributed by atoms with Crippen molar-refractivity contribution in [2.45, 2.75) is 0 Å². The zero-order valence-corrected chi connectivity index (χ0v) is 11.8. The van der Waals surface area contributed by atoms with Crippen molar-refractivity contribution in [3.05, 3.63) is 66.5 Å². The Morgan fingerprint density at radius 2 is 1.43 bits per heavy atom. The van der Waals surface area contributed by atoms with Gasteiger partial charge >= 0.3 is 0 Å². The van der Waals surface area contributed by atoms with E-state index in [4.69, 9.17) is 0 Å². The van der Waals surface area contributed by atoms with Gasteiger partial charge in [0.15, 0.2) is 5.82 Å². The standard InChI is InChI=1S/C17H10F2N4/c18-15-5-1-3-11(20-15)10-7-8-12-14(9-10)23-17(22-12)13-4-2-6-16(19)21-13/h1-9H,(H,22,23). The first-order valence-electron chi connectivity index (χ1n) is 6.95. The summed E-state index contributed by atoms with van der Waals surface area (Å²) in [6.07, 6.45) is 0. The third-order valence-corrected chi connectivity index (χ3v) is 3.45. The number of rotatable bonds is 2.